The molecule has 0 saturated heterocycles. The van der Waals surface area contributed by atoms with Crippen molar-refractivity contribution in [1.82, 2.24) is 4.98 Å². The number of ether oxygens (including phenoxy) is 2. The van der Waals surface area contributed by atoms with Crippen molar-refractivity contribution >= 4 is 29.5 Å². The minimum atomic E-state index is -0.674. The second-order valence-electron chi connectivity index (χ2n) is 9.33. The highest BCUT2D eigenvalue weighted by Gasteiger charge is 2.52. The lowest BCUT2D eigenvalue weighted by Crippen LogP contribution is -2.21. The van der Waals surface area contributed by atoms with Crippen LogP contribution in [-0.2, 0) is 19.7 Å². The van der Waals surface area contributed by atoms with Crippen LogP contribution in [0.25, 0.3) is 22.4 Å². The maximum Gasteiger partial charge on any atom is 0.414 e. The van der Waals surface area contributed by atoms with Crippen LogP contribution in [0.15, 0.2) is 77.2 Å². The maximum absolute atomic E-state index is 12.6. The first kappa shape index (κ1) is 25.5. The summed E-state index contributed by atoms with van der Waals surface area (Å²) >= 11 is 6.22. The molecule has 5 rings (SSSR count). The minimum absolute atomic E-state index is 0.177. The molecule has 1 fully saturated rings. The third-order valence-corrected chi connectivity index (χ3v) is 7.18. The molecule has 1 aromatic heterocycles. The number of amides is 1. The standard InChI is InChI=1S/C30H27ClN2O5/c1-18(24-6-4-5-7-25(24)31)37-29(35)33-27-26(32-19(2)38-27)22-10-8-20(9-11-22)21-12-14-23(15-13-21)30(16-17-30)28(34)36-3/h4-15,18H,16-17H2,1-3H3,(H,33,35). The van der Waals surface area contributed by atoms with E-state index in [9.17, 15) is 9.59 Å². The number of halogens is 1. The highest BCUT2D eigenvalue weighted by molar-refractivity contribution is 6.31. The zero-order valence-electron chi connectivity index (χ0n) is 21.3. The van der Waals surface area contributed by atoms with E-state index in [4.69, 9.17) is 25.5 Å². The lowest BCUT2D eigenvalue weighted by molar-refractivity contribution is -0.143. The van der Waals surface area contributed by atoms with Crippen LogP contribution in [0.5, 0.6) is 0 Å². The lowest BCUT2D eigenvalue weighted by Gasteiger charge is -2.15. The molecule has 7 nitrogen and oxygen atoms in total. The Labute approximate surface area is 225 Å². The number of aryl methyl sites for hydroxylation is 1. The second-order valence-corrected chi connectivity index (χ2v) is 9.74. The number of carbonyl (C=O) groups excluding carboxylic acids is 2. The number of hydrogen-bond acceptors (Lipinski definition) is 6. The van der Waals surface area contributed by atoms with Gasteiger partial charge in [-0.2, -0.15) is 0 Å². The number of methoxy groups -OCH3 is 1. The minimum Gasteiger partial charge on any atom is -0.468 e. The van der Waals surface area contributed by atoms with Crippen LogP contribution in [0.1, 0.15) is 42.9 Å². The fraction of sp³-hybridized carbons (Fsp3) is 0.233. The molecule has 194 valence electrons. The largest absolute Gasteiger partial charge is 0.468 e. The molecule has 1 atom stereocenters. The number of nitrogens with zero attached hydrogens (tertiary/aromatic N) is 1. The van der Waals surface area contributed by atoms with Crippen LogP contribution in [0.4, 0.5) is 10.7 Å². The van der Waals surface area contributed by atoms with Crippen LogP contribution < -0.4 is 5.32 Å². The number of oxazole rings is 1. The highest BCUT2D eigenvalue weighted by atomic mass is 35.5. The first-order chi connectivity index (χ1) is 18.3. The molecular weight excluding hydrogens is 504 g/mol. The first-order valence-electron chi connectivity index (χ1n) is 12.3. The average molecular weight is 531 g/mol. The fourth-order valence-corrected chi connectivity index (χ4v) is 4.88. The molecular formula is C30H27ClN2O5. The van der Waals surface area contributed by atoms with E-state index >= 15 is 0 Å². The zero-order chi connectivity index (χ0) is 26.9. The van der Waals surface area contributed by atoms with Gasteiger partial charge in [0.2, 0.25) is 5.88 Å². The Balaban J connectivity index is 1.30. The quantitative estimate of drug-likeness (QED) is 0.249. The summed E-state index contributed by atoms with van der Waals surface area (Å²) in [7, 11) is 1.43. The molecule has 0 radical (unpaired) electrons. The number of nitrogens with one attached hydrogen (secondary N) is 1. The molecule has 1 amide bonds. The number of carbonyl (C=O) groups is 2. The molecule has 1 heterocycles. The van der Waals surface area contributed by atoms with Crippen LogP contribution >= 0.6 is 11.6 Å². The summed E-state index contributed by atoms with van der Waals surface area (Å²) < 4.78 is 16.2. The number of esters is 1. The number of hydrogen-bond donors (Lipinski definition) is 1. The predicted molar refractivity (Wildman–Crippen MR) is 145 cm³/mol. The number of rotatable bonds is 7. The molecule has 1 unspecified atom stereocenters. The Morgan fingerprint density at radius 2 is 1.58 bits per heavy atom. The van der Waals surface area contributed by atoms with E-state index in [1.54, 1.807) is 19.9 Å². The van der Waals surface area contributed by atoms with E-state index in [2.05, 4.69) is 10.3 Å². The van der Waals surface area contributed by atoms with Gasteiger partial charge in [-0.25, -0.2) is 9.78 Å². The van der Waals surface area contributed by atoms with Crippen molar-refractivity contribution in [3.63, 3.8) is 0 Å². The molecule has 38 heavy (non-hydrogen) atoms. The summed E-state index contributed by atoms with van der Waals surface area (Å²) in [6, 6.07) is 23.0. The van der Waals surface area contributed by atoms with E-state index in [0.29, 0.717) is 22.2 Å². The fourth-order valence-electron chi connectivity index (χ4n) is 4.59. The van der Waals surface area contributed by atoms with E-state index < -0.39 is 17.6 Å². The monoisotopic (exact) mass is 530 g/mol. The van der Waals surface area contributed by atoms with Crippen molar-refractivity contribution in [1.29, 1.82) is 0 Å². The van der Waals surface area contributed by atoms with Crippen molar-refractivity contribution < 1.29 is 23.5 Å². The maximum atomic E-state index is 12.6. The van der Waals surface area contributed by atoms with Crippen molar-refractivity contribution in [2.75, 3.05) is 12.4 Å². The topological polar surface area (TPSA) is 90.7 Å². The van der Waals surface area contributed by atoms with Crippen molar-refractivity contribution in [2.24, 2.45) is 0 Å². The van der Waals surface area contributed by atoms with Gasteiger partial charge >= 0.3 is 12.1 Å². The van der Waals surface area contributed by atoms with Crippen molar-refractivity contribution in [2.45, 2.75) is 38.2 Å². The highest BCUT2D eigenvalue weighted by Crippen LogP contribution is 2.49. The van der Waals surface area contributed by atoms with Crippen molar-refractivity contribution in [3.8, 4) is 22.4 Å². The number of anilines is 1. The summed E-state index contributed by atoms with van der Waals surface area (Å²) in [5.74, 6) is 0.436. The Hall–Kier alpha value is -4.10. The Morgan fingerprint density at radius 3 is 2.18 bits per heavy atom. The van der Waals surface area contributed by atoms with Crippen LogP contribution in [-0.4, -0.2) is 24.2 Å². The van der Waals surface area contributed by atoms with Gasteiger partial charge in [0.05, 0.1) is 12.5 Å². The van der Waals surface area contributed by atoms with Gasteiger partial charge in [-0.1, -0.05) is 78.3 Å². The van der Waals surface area contributed by atoms with Gasteiger partial charge < -0.3 is 13.9 Å². The van der Waals surface area contributed by atoms with E-state index in [1.165, 1.54) is 7.11 Å². The molecule has 8 heteroatoms. The molecule has 0 aliphatic heterocycles. The van der Waals surface area contributed by atoms with Gasteiger partial charge in [-0.15, -0.1) is 0 Å². The summed E-state index contributed by atoms with van der Waals surface area (Å²) in [6.07, 6.45) is 0.401. The number of aromatic nitrogens is 1. The Kier molecular flexibility index (Phi) is 6.95. The lowest BCUT2D eigenvalue weighted by atomic mass is 9.93. The molecule has 1 saturated carbocycles. The SMILES string of the molecule is COC(=O)C1(c2ccc(-c3ccc(-c4nc(C)oc4NC(=O)OC(C)c4ccccc4Cl)cc3)cc2)CC1. The third-order valence-electron chi connectivity index (χ3n) is 6.83. The number of benzene rings is 3. The van der Waals surface area contributed by atoms with E-state index in [-0.39, 0.29) is 11.9 Å². The Bertz CT molecular complexity index is 1470. The predicted octanol–water partition coefficient (Wildman–Crippen LogP) is 7.48. The normalized spacial score (nSPS) is 14.4. The Morgan fingerprint density at radius 1 is 0.974 bits per heavy atom. The van der Waals surface area contributed by atoms with Gasteiger partial charge in [0.15, 0.2) is 5.89 Å². The summed E-state index contributed by atoms with van der Waals surface area (Å²) in [5, 5.41) is 3.19. The molecule has 1 aliphatic carbocycles. The van der Waals surface area contributed by atoms with Crippen LogP contribution in [0.3, 0.4) is 0 Å². The van der Waals surface area contributed by atoms with Crippen LogP contribution in [0, 0.1) is 6.92 Å². The van der Waals surface area contributed by atoms with Gasteiger partial charge in [0.25, 0.3) is 0 Å². The van der Waals surface area contributed by atoms with Crippen LogP contribution in [0.2, 0.25) is 5.02 Å². The van der Waals surface area contributed by atoms with Gasteiger partial charge in [0, 0.05) is 23.1 Å². The first-order valence-corrected chi connectivity index (χ1v) is 12.7. The van der Waals surface area contributed by atoms with E-state index in [0.717, 1.165) is 35.1 Å². The molecule has 1 N–H and O–H groups in total. The second kappa shape index (κ2) is 10.3. The zero-order valence-corrected chi connectivity index (χ0v) is 22.0. The summed E-state index contributed by atoms with van der Waals surface area (Å²) in [4.78, 5) is 29.2. The smallest absolute Gasteiger partial charge is 0.414 e. The summed E-state index contributed by atoms with van der Waals surface area (Å²) in [5.41, 5.74) is 4.50. The molecule has 3 aromatic carbocycles. The third kappa shape index (κ3) is 5.02. The molecule has 0 spiro atoms. The average Bonchev–Trinajstić information content (AvgIpc) is 3.66. The van der Waals surface area contributed by atoms with Gasteiger partial charge in [-0.05, 0) is 42.5 Å². The van der Waals surface area contributed by atoms with Gasteiger partial charge in [-0.3, -0.25) is 10.1 Å². The molecule has 4 aromatic rings. The van der Waals surface area contributed by atoms with Gasteiger partial charge in [0.1, 0.15) is 11.8 Å². The van der Waals surface area contributed by atoms with E-state index in [1.807, 2.05) is 66.7 Å². The van der Waals surface area contributed by atoms with Crippen molar-refractivity contribution in [3.05, 3.63) is 94.8 Å². The molecule has 0 bridgehead atoms. The summed E-state index contributed by atoms with van der Waals surface area (Å²) in [6.45, 7) is 3.46. The molecule has 1 aliphatic rings.